The topological polar surface area (TPSA) is 66.5 Å². The van der Waals surface area contributed by atoms with Crippen molar-refractivity contribution in [2.75, 3.05) is 24.6 Å². The molecule has 1 N–H and O–H groups in total. The fourth-order valence-electron chi connectivity index (χ4n) is 3.17. The number of hydrogen-bond donors (Lipinski definition) is 1. The van der Waals surface area contributed by atoms with Gasteiger partial charge in [0.25, 0.3) is 5.91 Å². The molecule has 122 valence electrons. The van der Waals surface area contributed by atoms with E-state index in [-0.39, 0.29) is 23.7 Å². The van der Waals surface area contributed by atoms with Crippen molar-refractivity contribution in [3.63, 3.8) is 0 Å². The Balaban J connectivity index is 1.49. The molecule has 5 nitrogen and oxygen atoms in total. The Bertz CT molecular complexity index is 651. The van der Waals surface area contributed by atoms with E-state index in [1.54, 1.807) is 12.1 Å². The summed E-state index contributed by atoms with van der Waals surface area (Å²) < 4.78 is 23.7. The SMILES string of the molecule is O=C(NC1CCN([C@H]2CCS(=O)(=O)C2)CC1)c1ccc(Cl)s1. The number of carbonyl (C=O) groups excluding carboxylic acids is 1. The highest BCUT2D eigenvalue weighted by atomic mass is 35.5. The minimum Gasteiger partial charge on any atom is -0.349 e. The highest BCUT2D eigenvalue weighted by Gasteiger charge is 2.34. The Kier molecular flexibility index (Phi) is 4.77. The van der Waals surface area contributed by atoms with Crippen molar-refractivity contribution in [1.82, 2.24) is 10.2 Å². The lowest BCUT2D eigenvalue weighted by Gasteiger charge is -2.35. The van der Waals surface area contributed by atoms with E-state index in [9.17, 15) is 13.2 Å². The van der Waals surface area contributed by atoms with Gasteiger partial charge in [0.05, 0.1) is 20.7 Å². The second kappa shape index (κ2) is 6.47. The molecule has 0 aromatic carbocycles. The number of sulfone groups is 1. The van der Waals surface area contributed by atoms with Gasteiger partial charge in [0.1, 0.15) is 0 Å². The predicted octanol–water partition coefficient (Wildman–Crippen LogP) is 1.78. The van der Waals surface area contributed by atoms with Crippen molar-refractivity contribution in [2.24, 2.45) is 0 Å². The maximum atomic E-state index is 12.1. The number of rotatable bonds is 3. The quantitative estimate of drug-likeness (QED) is 0.890. The maximum absolute atomic E-state index is 12.1. The minimum absolute atomic E-state index is 0.0706. The first-order valence-electron chi connectivity index (χ1n) is 7.44. The normalized spacial score (nSPS) is 26.1. The molecule has 3 heterocycles. The van der Waals surface area contributed by atoms with Crippen LogP contribution in [0.25, 0.3) is 0 Å². The van der Waals surface area contributed by atoms with Crippen molar-refractivity contribution in [1.29, 1.82) is 0 Å². The van der Waals surface area contributed by atoms with Gasteiger partial charge in [-0.1, -0.05) is 11.6 Å². The van der Waals surface area contributed by atoms with Crippen LogP contribution in [-0.2, 0) is 9.84 Å². The van der Waals surface area contributed by atoms with E-state index in [2.05, 4.69) is 10.2 Å². The summed E-state index contributed by atoms with van der Waals surface area (Å²) in [5.41, 5.74) is 0. The van der Waals surface area contributed by atoms with Crippen LogP contribution in [0.15, 0.2) is 12.1 Å². The summed E-state index contributed by atoms with van der Waals surface area (Å²) in [7, 11) is -2.83. The third-order valence-corrected chi connectivity index (χ3v) is 7.37. The van der Waals surface area contributed by atoms with E-state index >= 15 is 0 Å². The van der Waals surface area contributed by atoms with Gasteiger partial charge in [-0.25, -0.2) is 8.42 Å². The molecule has 8 heteroatoms. The number of halogens is 1. The van der Waals surface area contributed by atoms with Crippen molar-refractivity contribution in [2.45, 2.75) is 31.3 Å². The molecule has 2 aliphatic rings. The molecule has 2 saturated heterocycles. The van der Waals surface area contributed by atoms with Gasteiger partial charge in [-0.15, -0.1) is 11.3 Å². The van der Waals surface area contributed by atoms with E-state index in [1.807, 2.05) is 0 Å². The summed E-state index contributed by atoms with van der Waals surface area (Å²) in [6, 6.07) is 3.78. The molecule has 0 bridgehead atoms. The van der Waals surface area contributed by atoms with Gasteiger partial charge < -0.3 is 5.32 Å². The molecule has 22 heavy (non-hydrogen) atoms. The molecule has 0 radical (unpaired) electrons. The van der Waals surface area contributed by atoms with E-state index in [4.69, 9.17) is 11.6 Å². The third-order valence-electron chi connectivity index (χ3n) is 4.39. The van der Waals surface area contributed by atoms with Crippen molar-refractivity contribution in [3.8, 4) is 0 Å². The van der Waals surface area contributed by atoms with Crippen LogP contribution >= 0.6 is 22.9 Å². The Morgan fingerprint density at radius 1 is 1.27 bits per heavy atom. The van der Waals surface area contributed by atoms with Crippen LogP contribution in [0.4, 0.5) is 0 Å². The van der Waals surface area contributed by atoms with Crippen LogP contribution in [-0.4, -0.2) is 55.9 Å². The van der Waals surface area contributed by atoms with Gasteiger partial charge in [-0.3, -0.25) is 9.69 Å². The fourth-order valence-corrected chi connectivity index (χ4v) is 5.87. The molecule has 2 aliphatic heterocycles. The van der Waals surface area contributed by atoms with Crippen LogP contribution in [0.5, 0.6) is 0 Å². The van der Waals surface area contributed by atoms with E-state index in [1.165, 1.54) is 11.3 Å². The standard InChI is InChI=1S/C14H19ClN2O3S2/c15-13-2-1-12(21-13)14(18)16-10-3-6-17(7-4-10)11-5-8-22(19,20)9-11/h1-2,10-11H,3-9H2,(H,16,18)/t11-/m0/s1. The van der Waals surface area contributed by atoms with Gasteiger partial charge in [0.2, 0.25) is 0 Å². The van der Waals surface area contributed by atoms with Gasteiger partial charge in [-0.2, -0.15) is 0 Å². The molecule has 1 aromatic heterocycles. The Labute approximate surface area is 139 Å². The fraction of sp³-hybridized carbons (Fsp3) is 0.643. The maximum Gasteiger partial charge on any atom is 0.261 e. The number of thiophene rings is 1. The van der Waals surface area contributed by atoms with E-state index in [0.29, 0.717) is 15.0 Å². The van der Waals surface area contributed by atoms with E-state index in [0.717, 1.165) is 32.4 Å². The summed E-state index contributed by atoms with van der Waals surface area (Å²) >= 11 is 7.13. The summed E-state index contributed by atoms with van der Waals surface area (Å²) in [4.78, 5) is 15.0. The van der Waals surface area contributed by atoms with Crippen LogP contribution in [0, 0.1) is 0 Å². The van der Waals surface area contributed by atoms with Crippen LogP contribution in [0.3, 0.4) is 0 Å². The summed E-state index contributed by atoms with van der Waals surface area (Å²) in [5, 5.41) is 3.04. The molecule has 1 amide bonds. The lowest BCUT2D eigenvalue weighted by Crippen LogP contribution is -2.48. The molecular weight excluding hydrogens is 344 g/mol. The second-order valence-electron chi connectivity index (χ2n) is 5.94. The first-order valence-corrected chi connectivity index (χ1v) is 10.5. The monoisotopic (exact) mass is 362 g/mol. The number of nitrogens with zero attached hydrogens (tertiary/aromatic N) is 1. The van der Waals surface area contributed by atoms with Crippen molar-refractivity contribution in [3.05, 3.63) is 21.3 Å². The molecule has 0 unspecified atom stereocenters. The largest absolute Gasteiger partial charge is 0.349 e. The van der Waals surface area contributed by atoms with Gasteiger partial charge in [0.15, 0.2) is 9.84 Å². The number of carbonyl (C=O) groups is 1. The van der Waals surface area contributed by atoms with Crippen molar-refractivity contribution < 1.29 is 13.2 Å². The lowest BCUT2D eigenvalue weighted by atomic mass is 10.0. The first-order chi connectivity index (χ1) is 10.4. The zero-order valence-electron chi connectivity index (χ0n) is 12.1. The third kappa shape index (κ3) is 3.82. The first kappa shape index (κ1) is 16.2. The smallest absolute Gasteiger partial charge is 0.261 e. The summed E-state index contributed by atoms with van der Waals surface area (Å²) in [5.74, 6) is 0.532. The summed E-state index contributed by atoms with van der Waals surface area (Å²) in [6.45, 7) is 1.69. The molecule has 0 saturated carbocycles. The van der Waals surface area contributed by atoms with Gasteiger partial charge >= 0.3 is 0 Å². The Morgan fingerprint density at radius 3 is 2.55 bits per heavy atom. The molecule has 1 aromatic rings. The zero-order chi connectivity index (χ0) is 15.7. The summed E-state index contributed by atoms with van der Waals surface area (Å²) in [6.07, 6.45) is 2.47. The average Bonchev–Trinajstić information content (AvgIpc) is 3.05. The highest BCUT2D eigenvalue weighted by Crippen LogP contribution is 2.24. The van der Waals surface area contributed by atoms with E-state index < -0.39 is 9.84 Å². The predicted molar refractivity (Wildman–Crippen MR) is 88.4 cm³/mol. The average molecular weight is 363 g/mol. The number of likely N-dealkylation sites (tertiary alicyclic amines) is 1. The second-order valence-corrected chi connectivity index (χ2v) is 9.89. The molecule has 2 fully saturated rings. The molecule has 0 aliphatic carbocycles. The minimum atomic E-state index is -2.83. The zero-order valence-corrected chi connectivity index (χ0v) is 14.5. The van der Waals surface area contributed by atoms with Crippen LogP contribution in [0.1, 0.15) is 28.9 Å². The Hall–Kier alpha value is -0.630. The number of amides is 1. The number of hydrogen-bond acceptors (Lipinski definition) is 5. The molecular formula is C14H19ClN2O3S2. The molecule has 1 atom stereocenters. The van der Waals surface area contributed by atoms with Crippen LogP contribution < -0.4 is 5.32 Å². The number of nitrogens with one attached hydrogen (secondary N) is 1. The molecule has 3 rings (SSSR count). The highest BCUT2D eigenvalue weighted by molar-refractivity contribution is 7.91. The lowest BCUT2D eigenvalue weighted by molar-refractivity contribution is 0.0902. The van der Waals surface area contributed by atoms with Gasteiger partial charge in [-0.05, 0) is 31.4 Å². The Morgan fingerprint density at radius 2 is 2.00 bits per heavy atom. The van der Waals surface area contributed by atoms with Crippen molar-refractivity contribution >= 4 is 38.7 Å². The van der Waals surface area contributed by atoms with Gasteiger partial charge in [0, 0.05) is 25.2 Å². The number of piperidine rings is 1. The molecule has 0 spiro atoms. The van der Waals surface area contributed by atoms with Crippen LogP contribution in [0.2, 0.25) is 4.34 Å².